The minimum absolute atomic E-state index is 0.0194. The zero-order valence-corrected chi connectivity index (χ0v) is 20.6. The molecule has 0 spiro atoms. The van der Waals surface area contributed by atoms with E-state index in [0.717, 1.165) is 0 Å². The number of carboxylic acids is 1. The third kappa shape index (κ3) is 4.55. The van der Waals surface area contributed by atoms with Gasteiger partial charge in [-0.25, -0.2) is 28.5 Å². The van der Waals surface area contributed by atoms with Gasteiger partial charge in [0, 0.05) is 36.7 Å². The fraction of sp³-hybridized carbons (Fsp3) is 0.333. The number of fused-ring (bicyclic) bond motifs is 3. The van der Waals surface area contributed by atoms with Crippen LogP contribution in [-0.4, -0.2) is 71.0 Å². The number of ether oxygens (including phenoxy) is 2. The van der Waals surface area contributed by atoms with Crippen molar-refractivity contribution >= 4 is 39.5 Å². The molecule has 0 aliphatic carbocycles. The molecule has 2 aliphatic rings. The molecule has 6 rings (SSSR count). The normalized spacial score (nSPS) is 19.6. The van der Waals surface area contributed by atoms with Gasteiger partial charge in [0.05, 0.1) is 19.8 Å². The maximum atomic E-state index is 13.8. The third-order valence-corrected chi connectivity index (χ3v) is 6.86. The van der Waals surface area contributed by atoms with Crippen molar-refractivity contribution in [2.24, 2.45) is 0 Å². The number of rotatable bonds is 6. The van der Waals surface area contributed by atoms with Crippen molar-refractivity contribution in [1.29, 1.82) is 0 Å². The lowest BCUT2D eigenvalue weighted by atomic mass is 10.2. The number of anilines is 2. The molecule has 3 aromatic heterocycles. The smallest absolute Gasteiger partial charge is 0.326 e. The number of aliphatic carboxylic acids is 1. The van der Waals surface area contributed by atoms with E-state index in [0.29, 0.717) is 54.4 Å². The Morgan fingerprint density at radius 2 is 2.03 bits per heavy atom. The Morgan fingerprint density at radius 1 is 1.23 bits per heavy atom. The van der Waals surface area contributed by atoms with Gasteiger partial charge in [0.25, 0.3) is 6.43 Å². The Hall–Kier alpha value is -4.50. The molecule has 0 amide bonds. The van der Waals surface area contributed by atoms with Crippen molar-refractivity contribution in [3.8, 4) is 18.2 Å². The topological polar surface area (TPSA) is 114 Å². The van der Waals surface area contributed by atoms with E-state index in [1.807, 2.05) is 4.90 Å². The summed E-state index contributed by atoms with van der Waals surface area (Å²) in [7, 11) is 0. The maximum Gasteiger partial charge on any atom is 0.326 e. The Labute approximate surface area is 221 Å². The lowest BCUT2D eigenvalue weighted by Crippen LogP contribution is -2.37. The lowest BCUT2D eigenvalue weighted by Gasteiger charge is -2.30. The van der Waals surface area contributed by atoms with E-state index < -0.39 is 30.4 Å². The summed E-state index contributed by atoms with van der Waals surface area (Å²) in [6, 6.07) is 7.57. The van der Waals surface area contributed by atoms with Crippen LogP contribution < -0.4 is 14.5 Å². The van der Waals surface area contributed by atoms with E-state index in [-0.39, 0.29) is 29.9 Å². The quantitative estimate of drug-likeness (QED) is 0.367. The number of carboxylic acid groups (broad SMARTS) is 1. The molecule has 1 aromatic carbocycles. The second-order valence-electron chi connectivity index (χ2n) is 9.26. The number of hydrogen-bond acceptors (Lipinski definition) is 9. The number of para-hydroxylation sites is 1. The van der Waals surface area contributed by atoms with Crippen LogP contribution in [0.4, 0.5) is 20.3 Å². The molecular formula is C27H23F2N5O5. The number of hydrogen-bond donors (Lipinski definition) is 1. The highest BCUT2D eigenvalue weighted by atomic mass is 19.3. The predicted octanol–water partition coefficient (Wildman–Crippen LogP) is 3.64. The number of halogens is 2. The number of alkyl halides is 2. The summed E-state index contributed by atoms with van der Waals surface area (Å²) in [6.45, 7) is 2.34. The molecule has 200 valence electrons. The average Bonchev–Trinajstić information content (AvgIpc) is 3.55. The number of pyridine rings is 1. The molecule has 0 radical (unpaired) electrons. The number of benzene rings is 1. The van der Waals surface area contributed by atoms with Gasteiger partial charge in [-0.15, -0.1) is 6.42 Å². The van der Waals surface area contributed by atoms with E-state index in [1.165, 1.54) is 11.1 Å². The van der Waals surface area contributed by atoms with Crippen LogP contribution in [0.5, 0.6) is 5.88 Å². The van der Waals surface area contributed by atoms with Gasteiger partial charge in [-0.1, -0.05) is 18.1 Å². The summed E-state index contributed by atoms with van der Waals surface area (Å²) >= 11 is 0. The van der Waals surface area contributed by atoms with Crippen molar-refractivity contribution in [3.05, 3.63) is 47.9 Å². The molecule has 5 heterocycles. The maximum absolute atomic E-state index is 13.8. The van der Waals surface area contributed by atoms with Crippen molar-refractivity contribution < 1.29 is 32.6 Å². The molecule has 0 unspecified atom stereocenters. The molecule has 0 saturated carbocycles. The third-order valence-electron chi connectivity index (χ3n) is 6.86. The first-order valence-corrected chi connectivity index (χ1v) is 12.4. The molecule has 2 atom stereocenters. The van der Waals surface area contributed by atoms with E-state index in [1.54, 1.807) is 30.3 Å². The van der Waals surface area contributed by atoms with Crippen LogP contribution in [0.25, 0.3) is 22.1 Å². The Balaban J connectivity index is 1.38. The monoisotopic (exact) mass is 535 g/mol. The fourth-order valence-corrected chi connectivity index (χ4v) is 5.04. The number of terminal acetylenes is 1. The summed E-state index contributed by atoms with van der Waals surface area (Å²) in [5.41, 5.74) is 2.02. The zero-order chi connectivity index (χ0) is 27.1. The van der Waals surface area contributed by atoms with Crippen molar-refractivity contribution in [2.45, 2.75) is 25.0 Å². The van der Waals surface area contributed by atoms with Crippen LogP contribution in [0, 0.1) is 12.3 Å². The molecule has 10 nitrogen and oxygen atoms in total. The molecule has 2 aliphatic heterocycles. The molecule has 4 aromatic rings. The highest BCUT2D eigenvalue weighted by molar-refractivity contribution is 6.06. The number of nitrogens with zero attached hydrogens (tertiary/aromatic N) is 5. The van der Waals surface area contributed by atoms with Gasteiger partial charge in [-0.2, -0.15) is 0 Å². The number of furan rings is 1. The van der Waals surface area contributed by atoms with E-state index in [9.17, 15) is 18.7 Å². The number of morpholine rings is 1. The molecule has 2 saturated heterocycles. The minimum atomic E-state index is -2.96. The molecule has 2 fully saturated rings. The van der Waals surface area contributed by atoms with Crippen LogP contribution in [-0.2, 0) is 9.53 Å². The van der Waals surface area contributed by atoms with Crippen molar-refractivity contribution in [3.63, 3.8) is 0 Å². The Bertz CT molecular complexity index is 1600. The molecule has 0 bridgehead atoms. The minimum Gasteiger partial charge on any atom is -0.480 e. The van der Waals surface area contributed by atoms with Crippen molar-refractivity contribution in [2.75, 3.05) is 42.6 Å². The standard InChI is InChI=1S/C27H23F2N5O5/c1-2-15-11-18(33-7-9-37-10-8-33)26(30-13-15)38-16-12-19(27(35)36)34(14-16)25-22-21(31-24(32-25)23(28)29)17-5-3-4-6-20(17)39-22/h1,3-6,11,13,16,19,23H,7-10,12,14H2,(H,35,36)/t16-,19-/m0/s1. The van der Waals surface area contributed by atoms with Gasteiger partial charge >= 0.3 is 5.97 Å². The van der Waals surface area contributed by atoms with E-state index in [4.69, 9.17) is 20.3 Å². The first kappa shape index (κ1) is 24.8. The predicted molar refractivity (Wildman–Crippen MR) is 137 cm³/mol. The highest BCUT2D eigenvalue weighted by Crippen LogP contribution is 2.38. The summed E-state index contributed by atoms with van der Waals surface area (Å²) in [4.78, 5) is 28.3. The number of carbonyl (C=O) groups is 1. The first-order chi connectivity index (χ1) is 18.9. The molecule has 1 N–H and O–H groups in total. The average molecular weight is 536 g/mol. The van der Waals surface area contributed by atoms with Gasteiger partial charge < -0.3 is 28.8 Å². The molecular weight excluding hydrogens is 512 g/mol. The first-order valence-electron chi connectivity index (χ1n) is 12.4. The largest absolute Gasteiger partial charge is 0.480 e. The highest BCUT2D eigenvalue weighted by Gasteiger charge is 2.41. The van der Waals surface area contributed by atoms with Crippen molar-refractivity contribution in [1.82, 2.24) is 15.0 Å². The van der Waals surface area contributed by atoms with E-state index in [2.05, 4.69) is 20.9 Å². The van der Waals surface area contributed by atoms with Gasteiger partial charge in [0.1, 0.15) is 28.9 Å². The summed E-state index contributed by atoms with van der Waals surface area (Å²) in [5.74, 6) is 0.999. The second kappa shape index (κ2) is 9.99. The summed E-state index contributed by atoms with van der Waals surface area (Å²) in [5, 5.41) is 10.6. The second-order valence-corrected chi connectivity index (χ2v) is 9.26. The van der Waals surface area contributed by atoms with Gasteiger partial charge in [-0.05, 0) is 18.2 Å². The van der Waals surface area contributed by atoms with E-state index >= 15 is 0 Å². The molecule has 12 heteroatoms. The lowest BCUT2D eigenvalue weighted by molar-refractivity contribution is -0.138. The summed E-state index contributed by atoms with van der Waals surface area (Å²) < 4.78 is 45.3. The SMILES string of the molecule is C#Cc1cnc(O[C@H]2C[C@@H](C(=O)O)N(c3nc(C(F)F)nc4c3oc3ccccc34)C2)c(N2CCOCC2)c1. The molecule has 39 heavy (non-hydrogen) atoms. The van der Waals surface area contributed by atoms with Crippen LogP contribution in [0.3, 0.4) is 0 Å². The van der Waals surface area contributed by atoms with Gasteiger partial charge in [0.15, 0.2) is 17.2 Å². The van der Waals surface area contributed by atoms with Crippen LogP contribution in [0.2, 0.25) is 0 Å². The summed E-state index contributed by atoms with van der Waals surface area (Å²) in [6.07, 6.45) is 3.55. The Kier molecular flexibility index (Phi) is 6.36. The van der Waals surface area contributed by atoms with Gasteiger partial charge in [0.2, 0.25) is 5.88 Å². The fourth-order valence-electron chi connectivity index (χ4n) is 5.04. The van der Waals surface area contributed by atoms with Crippen LogP contribution >= 0.6 is 0 Å². The van der Waals surface area contributed by atoms with Gasteiger partial charge in [-0.3, -0.25) is 0 Å². The number of aromatic nitrogens is 3. The Morgan fingerprint density at radius 3 is 2.77 bits per heavy atom. The van der Waals surface area contributed by atoms with Crippen LogP contribution in [0.15, 0.2) is 40.9 Å². The zero-order valence-electron chi connectivity index (χ0n) is 20.6. The van der Waals surface area contributed by atoms with Crippen LogP contribution in [0.1, 0.15) is 24.2 Å².